The topological polar surface area (TPSA) is 43.5 Å². The van der Waals surface area contributed by atoms with E-state index in [1.807, 2.05) is 0 Å². The van der Waals surface area contributed by atoms with Gasteiger partial charge in [0.2, 0.25) is 0 Å². The highest BCUT2D eigenvalue weighted by molar-refractivity contribution is 5.41. The molecule has 4 heteroatoms. The van der Waals surface area contributed by atoms with E-state index in [1.165, 1.54) is 61.6 Å². The Labute approximate surface area is 210 Å². The molecule has 0 spiro atoms. The maximum Gasteiger partial charge on any atom is 0.122 e. The summed E-state index contributed by atoms with van der Waals surface area (Å²) < 4.78 is 22.5. The van der Waals surface area contributed by atoms with Crippen LogP contribution < -0.4 is 9.47 Å². The second-order valence-electron chi connectivity index (χ2n) is 10.3. The Morgan fingerprint density at radius 1 is 0.743 bits per heavy atom. The number of rotatable bonds is 14. The summed E-state index contributed by atoms with van der Waals surface area (Å²) in [5.74, 6) is 2.94. The molecule has 2 aliphatic heterocycles. The molecule has 2 aromatic carbocycles. The van der Waals surface area contributed by atoms with E-state index >= 15 is 0 Å². The molecule has 2 aromatic rings. The number of unbranched alkanes of at least 4 members (excludes halogenated alkanes) is 4. The molecule has 1 aliphatic carbocycles. The van der Waals surface area contributed by atoms with Crippen molar-refractivity contribution in [2.24, 2.45) is 0 Å². The molecule has 0 radical (unpaired) electrons. The Bertz CT molecular complexity index is 958. The van der Waals surface area contributed by atoms with E-state index in [1.54, 1.807) is 0 Å². The van der Waals surface area contributed by atoms with Crippen molar-refractivity contribution >= 4 is 0 Å². The van der Waals surface area contributed by atoms with Crippen LogP contribution in [-0.2, 0) is 15.9 Å². The molecule has 2 heterocycles. The Morgan fingerprint density at radius 2 is 1.37 bits per heavy atom. The van der Waals surface area contributed by atoms with Gasteiger partial charge in [-0.25, -0.2) is 0 Å². The third kappa shape index (κ3) is 7.35. The number of aryl methyl sites for hydroxylation is 1. The highest BCUT2D eigenvalue weighted by Gasteiger charge is 2.25. The van der Waals surface area contributed by atoms with Crippen molar-refractivity contribution in [1.29, 1.82) is 0 Å². The fourth-order valence-electron chi connectivity index (χ4n) is 4.97. The van der Waals surface area contributed by atoms with Gasteiger partial charge >= 0.3 is 0 Å². The molecule has 188 valence electrons. The Hall–Kier alpha value is -2.30. The van der Waals surface area contributed by atoms with Gasteiger partial charge in [-0.2, -0.15) is 0 Å². The van der Waals surface area contributed by atoms with Crippen LogP contribution in [0.2, 0.25) is 0 Å². The number of hydrogen-bond acceptors (Lipinski definition) is 4. The van der Waals surface area contributed by atoms with Crippen LogP contribution in [0.15, 0.2) is 54.6 Å². The first kappa shape index (κ1) is 24.4. The van der Waals surface area contributed by atoms with Gasteiger partial charge in [-0.3, -0.25) is 0 Å². The van der Waals surface area contributed by atoms with Crippen molar-refractivity contribution < 1.29 is 18.9 Å². The van der Waals surface area contributed by atoms with E-state index in [-0.39, 0.29) is 6.10 Å². The van der Waals surface area contributed by atoms with Crippen molar-refractivity contribution in [2.75, 3.05) is 26.4 Å². The van der Waals surface area contributed by atoms with Crippen molar-refractivity contribution in [3.8, 4) is 11.5 Å². The van der Waals surface area contributed by atoms with E-state index in [0.29, 0.717) is 31.2 Å². The molecule has 0 bridgehead atoms. The first-order valence-electron chi connectivity index (χ1n) is 13.7. The van der Waals surface area contributed by atoms with Crippen LogP contribution >= 0.6 is 0 Å². The monoisotopic (exact) mass is 476 g/mol. The van der Waals surface area contributed by atoms with Gasteiger partial charge in [0.1, 0.15) is 36.9 Å². The van der Waals surface area contributed by atoms with Gasteiger partial charge in [-0.15, -0.1) is 0 Å². The minimum absolute atomic E-state index is 0.290. The smallest absolute Gasteiger partial charge is 0.122 e. The molecule has 0 N–H and O–H groups in total. The summed E-state index contributed by atoms with van der Waals surface area (Å²) in [6.45, 7) is 5.27. The van der Waals surface area contributed by atoms with Crippen molar-refractivity contribution in [2.45, 2.75) is 82.3 Å². The molecule has 4 atom stereocenters. The fourth-order valence-corrected chi connectivity index (χ4v) is 4.97. The normalized spacial score (nSPS) is 24.8. The van der Waals surface area contributed by atoms with Crippen LogP contribution in [0.5, 0.6) is 11.5 Å². The zero-order chi connectivity index (χ0) is 23.9. The highest BCUT2D eigenvalue weighted by Crippen LogP contribution is 2.37. The summed E-state index contributed by atoms with van der Waals surface area (Å²) in [6, 6.07) is 15.5. The average Bonchev–Trinajstić information content (AvgIpc) is 3.82. The van der Waals surface area contributed by atoms with Crippen molar-refractivity contribution in [1.82, 2.24) is 0 Å². The van der Waals surface area contributed by atoms with Crippen LogP contribution in [-0.4, -0.2) is 38.6 Å². The SMILES string of the molecule is CCCCCCCc1cc(C2C=CC(c3ccc(OCC4CO4)cc3)CC2)ccc1OCC1CO1. The molecule has 4 nitrogen and oxygen atoms in total. The minimum Gasteiger partial charge on any atom is -0.491 e. The van der Waals surface area contributed by atoms with Crippen molar-refractivity contribution in [3.05, 3.63) is 71.3 Å². The number of ether oxygens (including phenoxy) is 4. The highest BCUT2D eigenvalue weighted by atomic mass is 16.6. The predicted molar refractivity (Wildman–Crippen MR) is 140 cm³/mol. The zero-order valence-corrected chi connectivity index (χ0v) is 21.1. The number of allylic oxidation sites excluding steroid dienone is 2. The van der Waals surface area contributed by atoms with Crippen LogP contribution in [0.1, 0.15) is 80.4 Å². The first-order chi connectivity index (χ1) is 17.3. The number of epoxide rings is 2. The summed E-state index contributed by atoms with van der Waals surface area (Å²) >= 11 is 0. The lowest BCUT2D eigenvalue weighted by Crippen LogP contribution is -2.09. The lowest BCUT2D eigenvalue weighted by molar-refractivity contribution is 0.261. The van der Waals surface area contributed by atoms with E-state index in [9.17, 15) is 0 Å². The lowest BCUT2D eigenvalue weighted by Gasteiger charge is -2.24. The van der Waals surface area contributed by atoms with E-state index < -0.39 is 0 Å². The largest absolute Gasteiger partial charge is 0.491 e. The summed E-state index contributed by atoms with van der Waals surface area (Å²) in [5, 5.41) is 0. The van der Waals surface area contributed by atoms with Crippen LogP contribution in [0.25, 0.3) is 0 Å². The van der Waals surface area contributed by atoms with Gasteiger partial charge in [0.05, 0.1) is 13.2 Å². The Morgan fingerprint density at radius 3 is 2.03 bits per heavy atom. The number of hydrogen-bond donors (Lipinski definition) is 0. The fraction of sp³-hybridized carbons (Fsp3) is 0.548. The zero-order valence-electron chi connectivity index (χ0n) is 21.1. The molecular formula is C31H40O4. The van der Waals surface area contributed by atoms with Gasteiger partial charge < -0.3 is 18.9 Å². The molecule has 0 aromatic heterocycles. The van der Waals surface area contributed by atoms with Crippen molar-refractivity contribution in [3.63, 3.8) is 0 Å². The van der Waals surface area contributed by atoms with Gasteiger partial charge in [0.15, 0.2) is 0 Å². The molecule has 0 saturated carbocycles. The third-order valence-electron chi connectivity index (χ3n) is 7.40. The second-order valence-corrected chi connectivity index (χ2v) is 10.3. The predicted octanol–water partition coefficient (Wildman–Crippen LogP) is 6.97. The Kier molecular flexibility index (Phi) is 8.43. The molecule has 35 heavy (non-hydrogen) atoms. The summed E-state index contributed by atoms with van der Waals surface area (Å²) in [5.41, 5.74) is 4.15. The van der Waals surface area contributed by atoms with Gasteiger partial charge in [0.25, 0.3) is 0 Å². The van der Waals surface area contributed by atoms with Gasteiger partial charge in [0, 0.05) is 11.8 Å². The van der Waals surface area contributed by atoms with E-state index in [0.717, 1.165) is 31.1 Å². The molecule has 5 rings (SSSR count). The first-order valence-corrected chi connectivity index (χ1v) is 13.7. The molecule has 0 amide bonds. The van der Waals surface area contributed by atoms with Crippen LogP contribution in [0.4, 0.5) is 0 Å². The summed E-state index contributed by atoms with van der Waals surface area (Å²) in [4.78, 5) is 0. The van der Waals surface area contributed by atoms with Gasteiger partial charge in [-0.05, 0) is 60.6 Å². The lowest BCUT2D eigenvalue weighted by atomic mass is 9.81. The standard InChI is InChI=1S/C31H40O4/c1-2-3-4-5-6-7-27-18-26(14-17-31(27)35-22-30-21-34-30)25-10-8-23(9-11-25)24-12-15-28(16-13-24)32-19-29-20-33-29/h8,10,12-18,23,25,29-30H,2-7,9,11,19-22H2,1H3. The average molecular weight is 477 g/mol. The summed E-state index contributed by atoms with van der Waals surface area (Å²) in [6.07, 6.45) is 15.3. The quantitative estimate of drug-likeness (QED) is 0.168. The van der Waals surface area contributed by atoms with Crippen LogP contribution in [0.3, 0.4) is 0 Å². The van der Waals surface area contributed by atoms with E-state index in [2.05, 4.69) is 61.5 Å². The maximum absolute atomic E-state index is 6.14. The number of benzene rings is 2. The molecule has 2 fully saturated rings. The molecule has 2 saturated heterocycles. The van der Waals surface area contributed by atoms with Crippen LogP contribution in [0, 0.1) is 0 Å². The molecule has 3 aliphatic rings. The minimum atomic E-state index is 0.290. The Balaban J connectivity index is 1.19. The molecular weight excluding hydrogens is 436 g/mol. The van der Waals surface area contributed by atoms with Gasteiger partial charge in [-0.1, -0.05) is 69.0 Å². The molecule has 4 unspecified atom stereocenters. The summed E-state index contributed by atoms with van der Waals surface area (Å²) in [7, 11) is 0. The van der Waals surface area contributed by atoms with E-state index in [4.69, 9.17) is 18.9 Å². The third-order valence-corrected chi connectivity index (χ3v) is 7.40. The maximum atomic E-state index is 6.14. The second kappa shape index (κ2) is 12.1.